The van der Waals surface area contributed by atoms with Gasteiger partial charge in [-0.25, -0.2) is 4.98 Å². The van der Waals surface area contributed by atoms with Crippen LogP contribution in [0.4, 0.5) is 0 Å². The molecule has 2 nitrogen and oxygen atoms in total. The second-order valence-corrected chi connectivity index (χ2v) is 4.17. The first-order valence-electron chi connectivity index (χ1n) is 6.00. The molecule has 0 aliphatic rings. The Kier molecular flexibility index (Phi) is 6.98. The zero-order chi connectivity index (χ0) is 11.6. The minimum atomic E-state index is 0.509. The molecule has 16 heavy (non-hydrogen) atoms. The highest BCUT2D eigenvalue weighted by atomic mass is 35.5. The van der Waals surface area contributed by atoms with Crippen LogP contribution in [0.2, 0.25) is 0 Å². The van der Waals surface area contributed by atoms with Gasteiger partial charge in [0.1, 0.15) is 0 Å². The van der Waals surface area contributed by atoms with Gasteiger partial charge < -0.3 is 4.74 Å². The smallest absolute Gasteiger partial charge is 0.213 e. The van der Waals surface area contributed by atoms with Crippen molar-refractivity contribution >= 4 is 11.6 Å². The number of nitrogens with zero attached hydrogens (tertiary/aromatic N) is 1. The lowest BCUT2D eigenvalue weighted by molar-refractivity contribution is 0.293. The molecule has 0 unspecified atom stereocenters. The number of unbranched alkanes of at least 4 members (excludes halogenated alkanes) is 4. The molecule has 0 radical (unpaired) electrons. The number of aromatic nitrogens is 1. The van der Waals surface area contributed by atoms with Crippen molar-refractivity contribution < 1.29 is 4.74 Å². The van der Waals surface area contributed by atoms with Crippen molar-refractivity contribution in [1.82, 2.24) is 4.98 Å². The van der Waals surface area contributed by atoms with E-state index in [0.717, 1.165) is 18.6 Å². The molecular weight excluding hydrogens is 222 g/mol. The Morgan fingerprint density at radius 1 is 1.25 bits per heavy atom. The van der Waals surface area contributed by atoms with Gasteiger partial charge in [-0.2, -0.15) is 0 Å². The van der Waals surface area contributed by atoms with Gasteiger partial charge in [-0.1, -0.05) is 32.6 Å². The van der Waals surface area contributed by atoms with Crippen molar-refractivity contribution in [3.8, 4) is 5.88 Å². The van der Waals surface area contributed by atoms with Gasteiger partial charge in [-0.3, -0.25) is 0 Å². The van der Waals surface area contributed by atoms with Crippen LogP contribution in [0.3, 0.4) is 0 Å². The number of alkyl halides is 1. The van der Waals surface area contributed by atoms with Gasteiger partial charge in [-0.15, -0.1) is 11.6 Å². The molecule has 0 saturated heterocycles. The fourth-order valence-electron chi connectivity index (χ4n) is 1.49. The summed E-state index contributed by atoms with van der Waals surface area (Å²) in [5, 5.41) is 0. The van der Waals surface area contributed by atoms with Crippen molar-refractivity contribution in [3.63, 3.8) is 0 Å². The van der Waals surface area contributed by atoms with E-state index in [1.54, 1.807) is 6.20 Å². The van der Waals surface area contributed by atoms with Crippen LogP contribution >= 0.6 is 11.6 Å². The van der Waals surface area contributed by atoms with Gasteiger partial charge >= 0.3 is 0 Å². The third kappa shape index (κ3) is 5.36. The van der Waals surface area contributed by atoms with Crippen molar-refractivity contribution in [3.05, 3.63) is 23.9 Å². The molecule has 90 valence electrons. The fraction of sp³-hybridized carbons (Fsp3) is 0.615. The van der Waals surface area contributed by atoms with Crippen LogP contribution < -0.4 is 4.74 Å². The second-order valence-electron chi connectivity index (χ2n) is 3.90. The Balaban J connectivity index is 2.16. The van der Waals surface area contributed by atoms with Crippen molar-refractivity contribution in [1.29, 1.82) is 0 Å². The summed E-state index contributed by atoms with van der Waals surface area (Å²) in [6, 6.07) is 3.81. The number of hydrogen-bond acceptors (Lipinski definition) is 2. The molecule has 0 aliphatic carbocycles. The summed E-state index contributed by atoms with van der Waals surface area (Å²) in [6.07, 6.45) is 7.98. The highest BCUT2D eigenvalue weighted by Gasteiger charge is 1.97. The quantitative estimate of drug-likeness (QED) is 0.503. The molecule has 1 aromatic heterocycles. The third-order valence-electron chi connectivity index (χ3n) is 2.45. The topological polar surface area (TPSA) is 22.1 Å². The van der Waals surface area contributed by atoms with Gasteiger partial charge in [0.25, 0.3) is 0 Å². The minimum absolute atomic E-state index is 0.509. The van der Waals surface area contributed by atoms with Crippen LogP contribution in [0.1, 0.15) is 44.6 Å². The largest absolute Gasteiger partial charge is 0.478 e. The van der Waals surface area contributed by atoms with Crippen LogP contribution in [-0.2, 0) is 5.88 Å². The summed E-state index contributed by atoms with van der Waals surface area (Å²) in [6.45, 7) is 2.97. The third-order valence-corrected chi connectivity index (χ3v) is 2.76. The summed E-state index contributed by atoms with van der Waals surface area (Å²) in [5.41, 5.74) is 1.05. The van der Waals surface area contributed by atoms with Gasteiger partial charge in [-0.05, 0) is 18.1 Å². The zero-order valence-corrected chi connectivity index (χ0v) is 10.7. The number of rotatable bonds is 8. The van der Waals surface area contributed by atoms with Crippen molar-refractivity contribution in [2.45, 2.75) is 44.9 Å². The monoisotopic (exact) mass is 241 g/mol. The van der Waals surface area contributed by atoms with Gasteiger partial charge in [0.05, 0.1) is 6.61 Å². The molecular formula is C13H20ClNO. The normalized spacial score (nSPS) is 10.4. The van der Waals surface area contributed by atoms with Crippen LogP contribution in [0.25, 0.3) is 0 Å². The summed E-state index contributed by atoms with van der Waals surface area (Å²) in [4.78, 5) is 4.14. The average molecular weight is 242 g/mol. The summed E-state index contributed by atoms with van der Waals surface area (Å²) >= 11 is 5.73. The molecule has 0 saturated carbocycles. The summed E-state index contributed by atoms with van der Waals surface area (Å²) in [7, 11) is 0. The lowest BCUT2D eigenvalue weighted by atomic mass is 10.2. The van der Waals surface area contributed by atoms with E-state index in [1.165, 1.54) is 25.7 Å². The zero-order valence-electron chi connectivity index (χ0n) is 9.92. The minimum Gasteiger partial charge on any atom is -0.478 e. The first kappa shape index (κ1) is 13.3. The van der Waals surface area contributed by atoms with Gasteiger partial charge in [0, 0.05) is 18.1 Å². The van der Waals surface area contributed by atoms with E-state index in [4.69, 9.17) is 16.3 Å². The van der Waals surface area contributed by atoms with Crippen LogP contribution in [0, 0.1) is 0 Å². The van der Waals surface area contributed by atoms with Crippen molar-refractivity contribution in [2.24, 2.45) is 0 Å². The lowest BCUT2D eigenvalue weighted by Gasteiger charge is -2.05. The lowest BCUT2D eigenvalue weighted by Crippen LogP contribution is -1.99. The first-order chi connectivity index (χ1) is 7.86. The maximum Gasteiger partial charge on any atom is 0.213 e. The molecule has 3 heteroatoms. The van der Waals surface area contributed by atoms with Crippen molar-refractivity contribution in [2.75, 3.05) is 6.61 Å². The summed E-state index contributed by atoms with van der Waals surface area (Å²) < 4.78 is 5.56. The Labute approximate surface area is 103 Å². The summed E-state index contributed by atoms with van der Waals surface area (Å²) in [5.74, 6) is 1.20. The van der Waals surface area contributed by atoms with Crippen LogP contribution in [0.5, 0.6) is 5.88 Å². The molecule has 0 bridgehead atoms. The SMILES string of the molecule is CCCCCCCOc1cc(CCl)ccn1. The molecule has 0 atom stereocenters. The maximum absolute atomic E-state index is 5.73. The Morgan fingerprint density at radius 3 is 2.81 bits per heavy atom. The van der Waals surface area contributed by atoms with E-state index in [2.05, 4.69) is 11.9 Å². The average Bonchev–Trinajstić information content (AvgIpc) is 2.34. The highest BCUT2D eigenvalue weighted by Crippen LogP contribution is 2.12. The number of pyridine rings is 1. The Bertz CT molecular complexity index is 291. The van der Waals surface area contributed by atoms with E-state index in [9.17, 15) is 0 Å². The Morgan fingerprint density at radius 2 is 2.06 bits per heavy atom. The van der Waals surface area contributed by atoms with E-state index in [-0.39, 0.29) is 0 Å². The van der Waals surface area contributed by atoms with Gasteiger partial charge in [0.2, 0.25) is 5.88 Å². The first-order valence-corrected chi connectivity index (χ1v) is 6.54. The van der Waals surface area contributed by atoms with E-state index < -0.39 is 0 Å². The Hall–Kier alpha value is -0.760. The molecule has 1 aromatic rings. The standard InChI is InChI=1S/C13H20ClNO/c1-2-3-4-5-6-9-16-13-10-12(11-14)7-8-15-13/h7-8,10H,2-6,9,11H2,1H3. The molecule has 0 fully saturated rings. The fourth-order valence-corrected chi connectivity index (χ4v) is 1.66. The highest BCUT2D eigenvalue weighted by molar-refractivity contribution is 6.17. The van der Waals surface area contributed by atoms with Crippen LogP contribution in [0.15, 0.2) is 18.3 Å². The molecule has 0 N–H and O–H groups in total. The van der Waals surface area contributed by atoms with Gasteiger partial charge in [0.15, 0.2) is 0 Å². The molecule has 1 heterocycles. The van der Waals surface area contributed by atoms with E-state index in [1.807, 2.05) is 12.1 Å². The number of hydrogen-bond donors (Lipinski definition) is 0. The molecule has 1 rings (SSSR count). The molecule has 0 aromatic carbocycles. The second kappa shape index (κ2) is 8.40. The van der Waals surface area contributed by atoms with E-state index in [0.29, 0.717) is 11.8 Å². The molecule has 0 spiro atoms. The predicted molar refractivity (Wildman–Crippen MR) is 68.0 cm³/mol. The molecule has 0 amide bonds. The number of ether oxygens (including phenoxy) is 1. The van der Waals surface area contributed by atoms with Crippen LogP contribution in [-0.4, -0.2) is 11.6 Å². The molecule has 0 aliphatic heterocycles. The predicted octanol–water partition coefficient (Wildman–Crippen LogP) is 4.17. The number of halogens is 1. The van der Waals surface area contributed by atoms with E-state index >= 15 is 0 Å². The maximum atomic E-state index is 5.73.